The SMILES string of the molecule is COc1csc(C(=O)N[C@@H](CCSC)C(=O)O)c1. The van der Waals surface area contributed by atoms with E-state index >= 15 is 0 Å². The molecule has 0 saturated carbocycles. The number of thioether (sulfide) groups is 1. The number of carbonyl (C=O) groups is 2. The number of ether oxygens (including phenoxy) is 1. The molecule has 0 fully saturated rings. The van der Waals surface area contributed by atoms with Crippen LogP contribution in [0.5, 0.6) is 5.75 Å². The van der Waals surface area contributed by atoms with Gasteiger partial charge in [0.1, 0.15) is 11.8 Å². The first kappa shape index (κ1) is 14.8. The fourth-order valence-corrected chi connectivity index (χ4v) is 2.50. The van der Waals surface area contributed by atoms with E-state index in [9.17, 15) is 9.59 Å². The molecule has 0 aliphatic carbocycles. The van der Waals surface area contributed by atoms with Crippen molar-refractivity contribution in [1.29, 1.82) is 0 Å². The number of hydrogen-bond donors (Lipinski definition) is 2. The molecule has 0 bridgehead atoms. The third kappa shape index (κ3) is 4.23. The summed E-state index contributed by atoms with van der Waals surface area (Å²) in [5.41, 5.74) is 0. The molecule has 0 aliphatic heterocycles. The van der Waals surface area contributed by atoms with Crippen molar-refractivity contribution >= 4 is 35.0 Å². The Morgan fingerprint density at radius 1 is 1.61 bits per heavy atom. The van der Waals surface area contributed by atoms with Gasteiger partial charge in [0, 0.05) is 11.4 Å². The second kappa shape index (κ2) is 7.27. The van der Waals surface area contributed by atoms with Gasteiger partial charge < -0.3 is 15.2 Å². The summed E-state index contributed by atoms with van der Waals surface area (Å²) in [7, 11) is 1.52. The predicted molar refractivity (Wildman–Crippen MR) is 72.8 cm³/mol. The van der Waals surface area contributed by atoms with Crippen LogP contribution in [0.15, 0.2) is 11.4 Å². The van der Waals surface area contributed by atoms with Crippen molar-refractivity contribution in [1.82, 2.24) is 5.32 Å². The zero-order valence-electron chi connectivity index (χ0n) is 10.1. The number of carbonyl (C=O) groups excluding carboxylic acids is 1. The van der Waals surface area contributed by atoms with Gasteiger partial charge in [0.15, 0.2) is 0 Å². The minimum atomic E-state index is -1.01. The number of nitrogens with one attached hydrogen (secondary N) is 1. The zero-order chi connectivity index (χ0) is 13.5. The molecule has 0 aliphatic rings. The van der Waals surface area contributed by atoms with Crippen LogP contribution >= 0.6 is 23.1 Å². The minimum Gasteiger partial charge on any atom is -0.496 e. The lowest BCUT2D eigenvalue weighted by Crippen LogP contribution is -2.40. The second-order valence-corrected chi connectivity index (χ2v) is 5.39. The second-order valence-electron chi connectivity index (χ2n) is 3.50. The molecule has 18 heavy (non-hydrogen) atoms. The highest BCUT2D eigenvalue weighted by Gasteiger charge is 2.21. The van der Waals surface area contributed by atoms with Gasteiger partial charge in [-0.15, -0.1) is 11.3 Å². The quantitative estimate of drug-likeness (QED) is 0.799. The molecular weight excluding hydrogens is 274 g/mol. The monoisotopic (exact) mass is 289 g/mol. The Kier molecular flexibility index (Phi) is 6.00. The lowest BCUT2D eigenvalue weighted by molar-refractivity contribution is -0.139. The molecule has 0 radical (unpaired) electrons. The molecule has 5 nitrogen and oxygen atoms in total. The van der Waals surface area contributed by atoms with Crippen LogP contribution in [0.3, 0.4) is 0 Å². The molecular formula is C11H15NO4S2. The standard InChI is InChI=1S/C11H15NO4S2/c1-16-7-5-9(18-6-7)10(13)12-8(11(14)15)3-4-17-2/h5-6,8H,3-4H2,1-2H3,(H,12,13)(H,14,15)/t8-/m0/s1. The van der Waals surface area contributed by atoms with Gasteiger partial charge in [-0.25, -0.2) is 4.79 Å². The van der Waals surface area contributed by atoms with Crippen LogP contribution in [0.2, 0.25) is 0 Å². The van der Waals surface area contributed by atoms with Crippen molar-refractivity contribution in [2.45, 2.75) is 12.5 Å². The highest BCUT2D eigenvalue weighted by Crippen LogP contribution is 2.21. The largest absolute Gasteiger partial charge is 0.496 e. The molecule has 1 atom stereocenters. The van der Waals surface area contributed by atoms with E-state index in [1.165, 1.54) is 18.4 Å². The van der Waals surface area contributed by atoms with Crippen molar-refractivity contribution in [3.63, 3.8) is 0 Å². The topological polar surface area (TPSA) is 75.6 Å². The number of hydrogen-bond acceptors (Lipinski definition) is 5. The van der Waals surface area contributed by atoms with Gasteiger partial charge in [-0.05, 0) is 18.4 Å². The van der Waals surface area contributed by atoms with Crippen molar-refractivity contribution < 1.29 is 19.4 Å². The Bertz CT molecular complexity index is 419. The molecule has 0 aromatic carbocycles. The van der Waals surface area contributed by atoms with Gasteiger partial charge in [0.05, 0.1) is 12.0 Å². The maximum absolute atomic E-state index is 11.8. The maximum Gasteiger partial charge on any atom is 0.326 e. The van der Waals surface area contributed by atoms with E-state index in [1.54, 1.807) is 23.2 Å². The molecule has 2 N–H and O–H groups in total. The van der Waals surface area contributed by atoms with Crippen molar-refractivity contribution in [2.75, 3.05) is 19.1 Å². The summed E-state index contributed by atoms with van der Waals surface area (Å²) in [6.45, 7) is 0. The van der Waals surface area contributed by atoms with Crippen LogP contribution < -0.4 is 10.1 Å². The Labute approximate surface area is 114 Å². The third-order valence-electron chi connectivity index (χ3n) is 2.25. The molecule has 1 rings (SSSR count). The molecule has 100 valence electrons. The van der Waals surface area contributed by atoms with Gasteiger partial charge in [0.2, 0.25) is 0 Å². The van der Waals surface area contributed by atoms with E-state index in [0.29, 0.717) is 22.8 Å². The summed E-state index contributed by atoms with van der Waals surface area (Å²) in [5.74, 6) is -0.107. The van der Waals surface area contributed by atoms with Crippen LogP contribution in [-0.2, 0) is 4.79 Å². The average molecular weight is 289 g/mol. The summed E-state index contributed by atoms with van der Waals surface area (Å²) in [4.78, 5) is 23.3. The van der Waals surface area contributed by atoms with Crippen LogP contribution in [0.25, 0.3) is 0 Å². The number of amides is 1. The van der Waals surface area contributed by atoms with Crippen LogP contribution in [0.4, 0.5) is 0 Å². The molecule has 1 aromatic rings. The first-order valence-corrected chi connectivity index (χ1v) is 7.51. The molecule has 1 aromatic heterocycles. The summed E-state index contributed by atoms with van der Waals surface area (Å²) in [6, 6.07) is 0.742. The van der Waals surface area contributed by atoms with Crippen molar-refractivity contribution in [3.05, 3.63) is 16.3 Å². The molecule has 7 heteroatoms. The van der Waals surface area contributed by atoms with E-state index in [-0.39, 0.29) is 5.91 Å². The van der Waals surface area contributed by atoms with Crippen LogP contribution in [-0.4, -0.2) is 42.1 Å². The molecule has 0 saturated heterocycles. The number of carboxylic acid groups (broad SMARTS) is 1. The molecule has 1 amide bonds. The maximum atomic E-state index is 11.8. The van der Waals surface area contributed by atoms with E-state index in [2.05, 4.69) is 5.32 Å². The first-order valence-electron chi connectivity index (χ1n) is 5.23. The van der Waals surface area contributed by atoms with Gasteiger partial charge in [-0.2, -0.15) is 11.8 Å². The fourth-order valence-electron chi connectivity index (χ4n) is 1.27. The number of methoxy groups -OCH3 is 1. The number of thiophene rings is 1. The van der Waals surface area contributed by atoms with Gasteiger partial charge in [-0.3, -0.25) is 4.79 Å². The fraction of sp³-hybridized carbons (Fsp3) is 0.455. The van der Waals surface area contributed by atoms with E-state index < -0.39 is 12.0 Å². The summed E-state index contributed by atoms with van der Waals surface area (Å²) in [5, 5.41) is 13.2. The Hall–Kier alpha value is -1.21. The highest BCUT2D eigenvalue weighted by atomic mass is 32.2. The van der Waals surface area contributed by atoms with Gasteiger partial charge in [-0.1, -0.05) is 0 Å². The summed E-state index contributed by atoms with van der Waals surface area (Å²) >= 11 is 2.77. The number of rotatable bonds is 7. The Balaban J connectivity index is 2.62. The minimum absolute atomic E-state index is 0.378. The Morgan fingerprint density at radius 3 is 2.83 bits per heavy atom. The number of aliphatic carboxylic acids is 1. The van der Waals surface area contributed by atoms with Gasteiger partial charge >= 0.3 is 5.97 Å². The zero-order valence-corrected chi connectivity index (χ0v) is 11.8. The predicted octanol–water partition coefficient (Wildman–Crippen LogP) is 1.69. The normalized spacial score (nSPS) is 11.9. The van der Waals surface area contributed by atoms with Gasteiger partial charge in [0.25, 0.3) is 5.91 Å². The van der Waals surface area contributed by atoms with Crippen LogP contribution in [0, 0.1) is 0 Å². The molecule has 0 unspecified atom stereocenters. The summed E-state index contributed by atoms with van der Waals surface area (Å²) < 4.78 is 4.97. The van der Waals surface area contributed by atoms with Crippen molar-refractivity contribution in [2.24, 2.45) is 0 Å². The van der Waals surface area contributed by atoms with E-state index in [4.69, 9.17) is 9.84 Å². The first-order chi connectivity index (χ1) is 8.58. The van der Waals surface area contributed by atoms with E-state index in [1.807, 2.05) is 6.26 Å². The summed E-state index contributed by atoms with van der Waals surface area (Å²) in [6.07, 6.45) is 2.30. The van der Waals surface area contributed by atoms with Crippen LogP contribution in [0.1, 0.15) is 16.1 Å². The lowest BCUT2D eigenvalue weighted by Gasteiger charge is -2.12. The van der Waals surface area contributed by atoms with Crippen molar-refractivity contribution in [3.8, 4) is 5.75 Å². The number of carboxylic acids is 1. The Morgan fingerprint density at radius 2 is 2.33 bits per heavy atom. The molecule has 0 spiro atoms. The molecule has 1 heterocycles. The average Bonchev–Trinajstić information content (AvgIpc) is 2.82. The van der Waals surface area contributed by atoms with E-state index in [0.717, 1.165) is 0 Å². The highest BCUT2D eigenvalue weighted by molar-refractivity contribution is 7.98. The smallest absolute Gasteiger partial charge is 0.326 e. The third-order valence-corrected chi connectivity index (χ3v) is 3.80. The lowest BCUT2D eigenvalue weighted by atomic mass is 10.2.